The van der Waals surface area contributed by atoms with Crippen LogP contribution in [0.4, 0.5) is 0 Å². The standard InChI is InChI=1S/C11H20O/c1-2-3-10-12-11-8-6-4-5-7-9-11/h4,11H,1-3,5-10H2. The topological polar surface area (TPSA) is 9.23 Å². The third-order valence-electron chi connectivity index (χ3n) is 2.38. The summed E-state index contributed by atoms with van der Waals surface area (Å²) in [6.45, 7) is 4.71. The number of hydrogen-bond donors (Lipinski definition) is 0. The highest BCUT2D eigenvalue weighted by Crippen LogP contribution is 2.19. The average Bonchev–Trinajstić information content (AvgIpc) is 2.33. The van der Waals surface area contributed by atoms with E-state index in [1.807, 2.05) is 0 Å². The Hall–Kier alpha value is -0.0400. The molecule has 2 radical (unpaired) electrons. The van der Waals surface area contributed by atoms with E-state index in [4.69, 9.17) is 4.74 Å². The molecule has 1 aliphatic carbocycles. The van der Waals surface area contributed by atoms with Gasteiger partial charge in [0, 0.05) is 6.61 Å². The van der Waals surface area contributed by atoms with Crippen LogP contribution < -0.4 is 0 Å². The van der Waals surface area contributed by atoms with Crippen LogP contribution in [0.3, 0.4) is 0 Å². The molecule has 0 bridgehead atoms. The van der Waals surface area contributed by atoms with Crippen molar-refractivity contribution < 1.29 is 4.74 Å². The molecule has 0 heterocycles. The largest absolute Gasteiger partial charge is 0.378 e. The minimum absolute atomic E-state index is 0.537. The van der Waals surface area contributed by atoms with Gasteiger partial charge in [-0.1, -0.05) is 26.2 Å². The summed E-state index contributed by atoms with van der Waals surface area (Å²) in [4.78, 5) is 0. The lowest BCUT2D eigenvalue weighted by molar-refractivity contribution is 0.0425. The van der Waals surface area contributed by atoms with Gasteiger partial charge in [0.2, 0.25) is 0 Å². The lowest BCUT2D eigenvalue weighted by Gasteiger charge is -2.14. The Labute approximate surface area is 76.5 Å². The summed E-state index contributed by atoms with van der Waals surface area (Å²) in [6.07, 6.45) is 11.4. The SMILES string of the molecule is [CH2]CCCOC1CC[CH]CCC1. The first-order valence-electron chi connectivity index (χ1n) is 5.16. The smallest absolute Gasteiger partial charge is 0.0575 e. The van der Waals surface area contributed by atoms with Crippen LogP contribution in [0.25, 0.3) is 0 Å². The maximum absolute atomic E-state index is 5.74. The first-order chi connectivity index (χ1) is 5.93. The normalized spacial score (nSPS) is 20.8. The van der Waals surface area contributed by atoms with Crippen LogP contribution in [0, 0.1) is 13.3 Å². The summed E-state index contributed by atoms with van der Waals surface area (Å²) in [5.41, 5.74) is 0. The molecule has 0 N–H and O–H groups in total. The molecule has 1 fully saturated rings. The molecule has 12 heavy (non-hydrogen) atoms. The second-order valence-electron chi connectivity index (χ2n) is 3.50. The molecule has 0 spiro atoms. The van der Waals surface area contributed by atoms with E-state index in [-0.39, 0.29) is 0 Å². The van der Waals surface area contributed by atoms with E-state index in [2.05, 4.69) is 13.3 Å². The molecule has 1 atom stereocenters. The Morgan fingerprint density at radius 2 is 2.25 bits per heavy atom. The molecule has 1 heteroatoms. The molecule has 1 rings (SSSR count). The summed E-state index contributed by atoms with van der Waals surface area (Å²) >= 11 is 0. The van der Waals surface area contributed by atoms with Crippen LogP contribution in [0.15, 0.2) is 0 Å². The van der Waals surface area contributed by atoms with Gasteiger partial charge in [-0.05, 0) is 32.1 Å². The fourth-order valence-electron chi connectivity index (χ4n) is 1.60. The van der Waals surface area contributed by atoms with Gasteiger partial charge >= 0.3 is 0 Å². The summed E-state index contributed by atoms with van der Waals surface area (Å²) in [6, 6.07) is 0. The summed E-state index contributed by atoms with van der Waals surface area (Å²) in [7, 11) is 0. The van der Waals surface area contributed by atoms with Crippen molar-refractivity contribution in [2.75, 3.05) is 6.61 Å². The van der Waals surface area contributed by atoms with Gasteiger partial charge in [0.25, 0.3) is 0 Å². The van der Waals surface area contributed by atoms with Gasteiger partial charge in [-0.3, -0.25) is 0 Å². The van der Waals surface area contributed by atoms with E-state index in [1.54, 1.807) is 0 Å². The molecule has 1 unspecified atom stereocenters. The number of hydrogen-bond acceptors (Lipinski definition) is 1. The molecule has 0 aromatic heterocycles. The predicted octanol–water partition coefficient (Wildman–Crippen LogP) is 3.15. The van der Waals surface area contributed by atoms with Gasteiger partial charge in [-0.2, -0.15) is 0 Å². The van der Waals surface area contributed by atoms with Gasteiger partial charge in [-0.15, -0.1) is 0 Å². The van der Waals surface area contributed by atoms with Gasteiger partial charge in [0.05, 0.1) is 6.10 Å². The van der Waals surface area contributed by atoms with Crippen molar-refractivity contribution in [2.45, 2.75) is 51.0 Å². The lowest BCUT2D eigenvalue weighted by atomic mass is 10.1. The van der Waals surface area contributed by atoms with Crippen molar-refractivity contribution in [3.63, 3.8) is 0 Å². The molecule has 1 aliphatic rings. The molecule has 0 aromatic rings. The van der Waals surface area contributed by atoms with Gasteiger partial charge in [0.1, 0.15) is 0 Å². The van der Waals surface area contributed by atoms with E-state index in [0.717, 1.165) is 19.4 Å². The van der Waals surface area contributed by atoms with Crippen LogP contribution in [0.5, 0.6) is 0 Å². The van der Waals surface area contributed by atoms with Gasteiger partial charge < -0.3 is 4.74 Å². The van der Waals surface area contributed by atoms with Crippen molar-refractivity contribution in [3.8, 4) is 0 Å². The molecule has 0 amide bonds. The Morgan fingerprint density at radius 1 is 1.33 bits per heavy atom. The second kappa shape index (κ2) is 6.47. The molecule has 0 aliphatic heterocycles. The molecular weight excluding hydrogens is 148 g/mol. The van der Waals surface area contributed by atoms with Crippen molar-refractivity contribution in [3.05, 3.63) is 13.3 Å². The Balaban J connectivity index is 2.04. The van der Waals surface area contributed by atoms with E-state index in [1.165, 1.54) is 32.1 Å². The minimum atomic E-state index is 0.537. The fourth-order valence-corrected chi connectivity index (χ4v) is 1.60. The minimum Gasteiger partial charge on any atom is -0.378 e. The average molecular weight is 168 g/mol. The van der Waals surface area contributed by atoms with Gasteiger partial charge in [0.15, 0.2) is 0 Å². The van der Waals surface area contributed by atoms with Crippen LogP contribution in [-0.2, 0) is 4.74 Å². The highest BCUT2D eigenvalue weighted by molar-refractivity contribution is 4.74. The van der Waals surface area contributed by atoms with Crippen molar-refractivity contribution in [2.24, 2.45) is 0 Å². The van der Waals surface area contributed by atoms with Crippen molar-refractivity contribution >= 4 is 0 Å². The fraction of sp³-hybridized carbons (Fsp3) is 0.818. The van der Waals surface area contributed by atoms with Crippen molar-refractivity contribution in [1.29, 1.82) is 0 Å². The third kappa shape index (κ3) is 4.10. The third-order valence-corrected chi connectivity index (χ3v) is 2.38. The van der Waals surface area contributed by atoms with E-state index >= 15 is 0 Å². The van der Waals surface area contributed by atoms with E-state index in [0.29, 0.717) is 6.10 Å². The summed E-state index contributed by atoms with van der Waals surface area (Å²) in [5.74, 6) is 0. The molecule has 70 valence electrons. The Bertz CT molecular complexity index is 93.2. The maximum Gasteiger partial charge on any atom is 0.0575 e. The van der Waals surface area contributed by atoms with Crippen LogP contribution in [0.1, 0.15) is 44.9 Å². The summed E-state index contributed by atoms with van der Waals surface area (Å²) in [5, 5.41) is 0. The lowest BCUT2D eigenvalue weighted by Crippen LogP contribution is -2.12. The van der Waals surface area contributed by atoms with Gasteiger partial charge in [-0.25, -0.2) is 0 Å². The summed E-state index contributed by atoms with van der Waals surface area (Å²) < 4.78 is 5.74. The predicted molar refractivity (Wildman–Crippen MR) is 51.7 cm³/mol. The van der Waals surface area contributed by atoms with Crippen LogP contribution in [-0.4, -0.2) is 12.7 Å². The zero-order valence-electron chi connectivity index (χ0n) is 7.93. The first kappa shape index (κ1) is 10.0. The molecule has 0 aromatic carbocycles. The Kier molecular flexibility index (Phi) is 5.42. The maximum atomic E-state index is 5.74. The molecule has 0 saturated heterocycles. The highest BCUT2D eigenvalue weighted by Gasteiger charge is 2.11. The van der Waals surface area contributed by atoms with E-state index < -0.39 is 0 Å². The second-order valence-corrected chi connectivity index (χ2v) is 3.50. The number of ether oxygens (including phenoxy) is 1. The molecular formula is C11H20O. The zero-order valence-corrected chi connectivity index (χ0v) is 7.93. The zero-order chi connectivity index (χ0) is 8.65. The molecule has 1 saturated carbocycles. The van der Waals surface area contributed by atoms with Crippen molar-refractivity contribution in [1.82, 2.24) is 0 Å². The van der Waals surface area contributed by atoms with E-state index in [9.17, 15) is 0 Å². The monoisotopic (exact) mass is 168 g/mol. The number of unbranched alkanes of at least 4 members (excludes halogenated alkanes) is 1. The molecule has 1 nitrogen and oxygen atoms in total. The first-order valence-corrected chi connectivity index (χ1v) is 5.16. The van der Waals surface area contributed by atoms with Crippen LogP contribution in [0.2, 0.25) is 0 Å². The highest BCUT2D eigenvalue weighted by atomic mass is 16.5. The van der Waals surface area contributed by atoms with Crippen LogP contribution >= 0.6 is 0 Å². The number of rotatable bonds is 4. The Morgan fingerprint density at radius 3 is 3.08 bits per heavy atom. The quantitative estimate of drug-likeness (QED) is 0.463.